The second kappa shape index (κ2) is 7.17. The summed E-state index contributed by atoms with van der Waals surface area (Å²) in [5, 5.41) is 3.70. The van der Waals surface area contributed by atoms with Gasteiger partial charge in [-0.25, -0.2) is 0 Å². The van der Waals surface area contributed by atoms with Crippen molar-refractivity contribution in [2.24, 2.45) is 5.41 Å². The molecule has 2 heteroatoms. The summed E-state index contributed by atoms with van der Waals surface area (Å²) in [6, 6.07) is 9.83. The highest BCUT2D eigenvalue weighted by atomic mass is 15.1. The van der Waals surface area contributed by atoms with Crippen molar-refractivity contribution in [2.45, 2.75) is 71.3 Å². The molecule has 0 aromatic heterocycles. The zero-order valence-corrected chi connectivity index (χ0v) is 16.2. The van der Waals surface area contributed by atoms with E-state index in [1.807, 2.05) is 0 Å². The van der Waals surface area contributed by atoms with E-state index < -0.39 is 0 Å². The van der Waals surface area contributed by atoms with Crippen molar-refractivity contribution in [3.05, 3.63) is 35.4 Å². The van der Waals surface area contributed by atoms with Gasteiger partial charge in [0.2, 0.25) is 0 Å². The Labute approximate surface area is 149 Å². The van der Waals surface area contributed by atoms with Crippen molar-refractivity contribution in [3.63, 3.8) is 0 Å². The highest BCUT2D eigenvalue weighted by Crippen LogP contribution is 2.47. The molecule has 1 aliphatic carbocycles. The molecule has 1 saturated heterocycles. The van der Waals surface area contributed by atoms with Crippen LogP contribution in [0.25, 0.3) is 0 Å². The Bertz CT molecular complexity index is 535. The number of hydrogen-bond donors (Lipinski definition) is 1. The lowest BCUT2D eigenvalue weighted by molar-refractivity contribution is 0.127. The lowest BCUT2D eigenvalue weighted by Gasteiger charge is -2.47. The number of likely N-dealkylation sites (tertiary alicyclic amines) is 1. The number of fused-ring (bicyclic) bond motifs is 2. The van der Waals surface area contributed by atoms with E-state index >= 15 is 0 Å². The van der Waals surface area contributed by atoms with Gasteiger partial charge >= 0.3 is 0 Å². The van der Waals surface area contributed by atoms with E-state index in [4.69, 9.17) is 0 Å². The number of rotatable bonds is 4. The average molecular weight is 329 g/mol. The van der Waals surface area contributed by atoms with Gasteiger partial charge in [0, 0.05) is 6.04 Å². The fourth-order valence-electron chi connectivity index (χ4n) is 4.67. The van der Waals surface area contributed by atoms with Gasteiger partial charge in [0.15, 0.2) is 0 Å². The molecular weight excluding hydrogens is 292 g/mol. The topological polar surface area (TPSA) is 15.3 Å². The van der Waals surface area contributed by atoms with Crippen LogP contribution in [0.2, 0.25) is 0 Å². The first-order chi connectivity index (χ1) is 11.4. The SMILES string of the molecule is CCN[C@H]1CCC2(CCN(CCC(C)(C)C)CC2)c2ccccc21. The zero-order chi connectivity index (χ0) is 17.2. The van der Waals surface area contributed by atoms with E-state index in [1.54, 1.807) is 11.1 Å². The maximum absolute atomic E-state index is 3.70. The molecule has 1 aromatic rings. The molecular formula is C22H36N2. The summed E-state index contributed by atoms with van der Waals surface area (Å²) >= 11 is 0. The minimum absolute atomic E-state index is 0.445. The minimum atomic E-state index is 0.445. The number of nitrogens with zero attached hydrogens (tertiary/aromatic N) is 1. The van der Waals surface area contributed by atoms with Crippen LogP contribution >= 0.6 is 0 Å². The van der Waals surface area contributed by atoms with Crippen LogP contribution in [0.1, 0.15) is 77.0 Å². The third-order valence-corrected chi connectivity index (χ3v) is 6.26. The lowest BCUT2D eigenvalue weighted by Crippen LogP contribution is -2.46. The van der Waals surface area contributed by atoms with Gasteiger partial charge < -0.3 is 10.2 Å². The Morgan fingerprint density at radius 2 is 1.83 bits per heavy atom. The number of benzene rings is 1. The standard InChI is InChI=1S/C22H36N2/c1-5-23-20-10-11-22(19-9-7-6-8-18(19)20)13-16-24(17-14-22)15-12-21(2,3)4/h6-9,20,23H,5,10-17H2,1-4H3/t20-/m0/s1. The van der Waals surface area contributed by atoms with E-state index in [9.17, 15) is 0 Å². The summed E-state index contributed by atoms with van der Waals surface area (Å²) in [5.74, 6) is 0. The van der Waals surface area contributed by atoms with Crippen LogP contribution in [-0.4, -0.2) is 31.1 Å². The largest absolute Gasteiger partial charge is 0.310 e. The highest BCUT2D eigenvalue weighted by Gasteiger charge is 2.41. The van der Waals surface area contributed by atoms with Gasteiger partial charge in [-0.1, -0.05) is 52.0 Å². The van der Waals surface area contributed by atoms with Crippen LogP contribution in [0.3, 0.4) is 0 Å². The minimum Gasteiger partial charge on any atom is -0.310 e. The van der Waals surface area contributed by atoms with Gasteiger partial charge in [0.1, 0.15) is 0 Å². The summed E-state index contributed by atoms with van der Waals surface area (Å²) in [6.07, 6.45) is 6.64. The maximum Gasteiger partial charge on any atom is 0.0323 e. The summed E-state index contributed by atoms with van der Waals surface area (Å²) in [4.78, 5) is 2.70. The Balaban J connectivity index is 1.70. The van der Waals surface area contributed by atoms with Crippen molar-refractivity contribution < 1.29 is 0 Å². The van der Waals surface area contributed by atoms with Crippen molar-refractivity contribution in [3.8, 4) is 0 Å². The third-order valence-electron chi connectivity index (χ3n) is 6.26. The fourth-order valence-corrected chi connectivity index (χ4v) is 4.67. The van der Waals surface area contributed by atoms with Gasteiger partial charge in [0.05, 0.1) is 0 Å². The van der Waals surface area contributed by atoms with Crippen molar-refractivity contribution >= 4 is 0 Å². The van der Waals surface area contributed by atoms with Crippen LogP contribution in [0.15, 0.2) is 24.3 Å². The molecule has 0 bridgehead atoms. The molecule has 134 valence electrons. The van der Waals surface area contributed by atoms with Crippen molar-refractivity contribution in [2.75, 3.05) is 26.2 Å². The predicted octanol–water partition coefficient (Wildman–Crippen LogP) is 4.90. The number of piperidine rings is 1. The van der Waals surface area contributed by atoms with Gasteiger partial charge in [-0.2, -0.15) is 0 Å². The number of hydrogen-bond acceptors (Lipinski definition) is 2. The predicted molar refractivity (Wildman–Crippen MR) is 104 cm³/mol. The average Bonchev–Trinajstić information content (AvgIpc) is 2.57. The Hall–Kier alpha value is -0.860. The lowest BCUT2D eigenvalue weighted by atomic mass is 9.63. The fraction of sp³-hybridized carbons (Fsp3) is 0.727. The molecule has 0 saturated carbocycles. The van der Waals surface area contributed by atoms with Crippen molar-refractivity contribution in [1.82, 2.24) is 10.2 Å². The molecule has 1 heterocycles. The zero-order valence-electron chi connectivity index (χ0n) is 16.2. The molecule has 0 amide bonds. The molecule has 24 heavy (non-hydrogen) atoms. The third kappa shape index (κ3) is 3.86. The molecule has 3 rings (SSSR count). The molecule has 2 nitrogen and oxygen atoms in total. The highest BCUT2D eigenvalue weighted by molar-refractivity contribution is 5.39. The van der Waals surface area contributed by atoms with E-state index in [1.165, 1.54) is 51.7 Å². The summed E-state index contributed by atoms with van der Waals surface area (Å²) in [6.45, 7) is 14.2. The van der Waals surface area contributed by atoms with Crippen LogP contribution in [-0.2, 0) is 5.41 Å². The molecule has 1 atom stereocenters. The van der Waals surface area contributed by atoms with Crippen LogP contribution < -0.4 is 5.32 Å². The molecule has 1 N–H and O–H groups in total. The van der Waals surface area contributed by atoms with Gasteiger partial charge in [-0.3, -0.25) is 0 Å². The molecule has 0 unspecified atom stereocenters. The Morgan fingerprint density at radius 1 is 1.12 bits per heavy atom. The normalized spacial score (nSPS) is 24.1. The molecule has 1 fully saturated rings. The van der Waals surface area contributed by atoms with Crippen molar-refractivity contribution in [1.29, 1.82) is 0 Å². The maximum atomic E-state index is 3.70. The second-order valence-corrected chi connectivity index (χ2v) is 9.17. The van der Waals surface area contributed by atoms with Crippen LogP contribution in [0.5, 0.6) is 0 Å². The van der Waals surface area contributed by atoms with Gasteiger partial charge in [-0.15, -0.1) is 0 Å². The first kappa shape index (κ1) is 17.9. The van der Waals surface area contributed by atoms with E-state index in [0.29, 0.717) is 16.9 Å². The molecule has 0 radical (unpaired) electrons. The molecule has 1 aromatic carbocycles. The smallest absolute Gasteiger partial charge is 0.0323 e. The van der Waals surface area contributed by atoms with E-state index in [-0.39, 0.29) is 0 Å². The van der Waals surface area contributed by atoms with Gasteiger partial charge in [0.25, 0.3) is 0 Å². The first-order valence-corrected chi connectivity index (χ1v) is 9.99. The van der Waals surface area contributed by atoms with E-state index in [2.05, 4.69) is 62.2 Å². The Morgan fingerprint density at radius 3 is 2.50 bits per heavy atom. The molecule has 2 aliphatic rings. The number of nitrogens with one attached hydrogen (secondary N) is 1. The monoisotopic (exact) mass is 328 g/mol. The van der Waals surface area contributed by atoms with E-state index in [0.717, 1.165) is 6.54 Å². The summed E-state index contributed by atoms with van der Waals surface area (Å²) in [7, 11) is 0. The summed E-state index contributed by atoms with van der Waals surface area (Å²) < 4.78 is 0. The first-order valence-electron chi connectivity index (χ1n) is 9.99. The Kier molecular flexibility index (Phi) is 5.36. The summed E-state index contributed by atoms with van der Waals surface area (Å²) in [5.41, 5.74) is 4.12. The molecule has 1 aliphatic heterocycles. The van der Waals surface area contributed by atoms with Crippen LogP contribution in [0, 0.1) is 5.41 Å². The van der Waals surface area contributed by atoms with Crippen LogP contribution in [0.4, 0.5) is 0 Å². The second-order valence-electron chi connectivity index (χ2n) is 9.17. The quantitative estimate of drug-likeness (QED) is 0.845. The molecule has 1 spiro atoms. The van der Waals surface area contributed by atoms with Gasteiger partial charge in [-0.05, 0) is 80.2 Å².